The van der Waals surface area contributed by atoms with E-state index in [0.29, 0.717) is 11.6 Å². The molecule has 2 aromatic rings. The van der Waals surface area contributed by atoms with Crippen molar-refractivity contribution < 1.29 is 17.9 Å². The van der Waals surface area contributed by atoms with Gasteiger partial charge in [0, 0.05) is 23.6 Å². The normalized spacial score (nSPS) is 15.9. The highest BCUT2D eigenvalue weighted by Crippen LogP contribution is 2.35. The average Bonchev–Trinajstić information content (AvgIpc) is 3.21. The van der Waals surface area contributed by atoms with Gasteiger partial charge in [0.05, 0.1) is 0 Å². The molecule has 0 radical (unpaired) electrons. The van der Waals surface area contributed by atoms with Crippen molar-refractivity contribution in [2.75, 3.05) is 12.0 Å². The van der Waals surface area contributed by atoms with Crippen LogP contribution in [0.25, 0.3) is 0 Å². The fourth-order valence-electron chi connectivity index (χ4n) is 3.32. The number of rotatable bonds is 7. The van der Waals surface area contributed by atoms with Crippen LogP contribution in [0.2, 0.25) is 0 Å². The largest absolute Gasteiger partial charge is 0.438 e. The zero-order valence-electron chi connectivity index (χ0n) is 17.0. The van der Waals surface area contributed by atoms with Crippen LogP contribution in [0.5, 0.6) is 11.6 Å². The first kappa shape index (κ1) is 21.8. The summed E-state index contributed by atoms with van der Waals surface area (Å²) < 4.78 is 28.5. The van der Waals surface area contributed by atoms with Crippen LogP contribution in [-0.2, 0) is 9.84 Å². The lowest BCUT2D eigenvalue weighted by atomic mass is 10.1. The molecule has 30 heavy (non-hydrogen) atoms. The Kier molecular flexibility index (Phi) is 6.71. The van der Waals surface area contributed by atoms with Gasteiger partial charge in [-0.25, -0.2) is 13.4 Å². The molecule has 8 nitrogen and oxygen atoms in total. The zero-order valence-corrected chi connectivity index (χ0v) is 17.9. The summed E-state index contributed by atoms with van der Waals surface area (Å²) in [6.45, 7) is 1.65. The molecule has 1 aromatic carbocycles. The maximum atomic E-state index is 12.9. The molecule has 1 heterocycles. The predicted octanol–water partition coefficient (Wildman–Crippen LogP) is 3.19. The topological polar surface area (TPSA) is 124 Å². The van der Waals surface area contributed by atoms with Crippen LogP contribution in [0.1, 0.15) is 54.7 Å². The van der Waals surface area contributed by atoms with Gasteiger partial charge >= 0.3 is 0 Å². The first-order valence-electron chi connectivity index (χ1n) is 9.82. The van der Waals surface area contributed by atoms with E-state index in [-0.39, 0.29) is 23.2 Å². The molecule has 1 amide bonds. The van der Waals surface area contributed by atoms with Gasteiger partial charge in [0.1, 0.15) is 23.0 Å². The molecule has 3 N–H and O–H groups in total. The lowest BCUT2D eigenvalue weighted by molar-refractivity contribution is 0.0944. The van der Waals surface area contributed by atoms with Gasteiger partial charge in [-0.2, -0.15) is 4.98 Å². The quantitative estimate of drug-likeness (QED) is 0.691. The summed E-state index contributed by atoms with van der Waals surface area (Å²) in [5, 5.41) is 3.74. The predicted molar refractivity (Wildman–Crippen MR) is 115 cm³/mol. The van der Waals surface area contributed by atoms with Crippen molar-refractivity contribution in [2.24, 2.45) is 0 Å². The monoisotopic (exact) mass is 430 g/mol. The van der Waals surface area contributed by atoms with E-state index in [4.69, 9.17) is 10.5 Å². The van der Waals surface area contributed by atoms with Gasteiger partial charge in [-0.1, -0.05) is 37.1 Å². The molecular formula is C21H26N4O4S. The molecule has 1 fully saturated rings. The van der Waals surface area contributed by atoms with E-state index < -0.39 is 21.8 Å². The molecule has 1 aliphatic carbocycles. The number of aromatic nitrogens is 2. The Bertz CT molecular complexity index is 1030. The van der Waals surface area contributed by atoms with Crippen molar-refractivity contribution >= 4 is 21.6 Å². The minimum atomic E-state index is -3.30. The number of carbonyl (C=O) groups is 1. The van der Waals surface area contributed by atoms with Gasteiger partial charge in [0.15, 0.2) is 9.84 Å². The minimum absolute atomic E-state index is 0.0280. The smallest absolute Gasteiger partial charge is 0.261 e. The number of para-hydroxylation sites is 1. The van der Waals surface area contributed by atoms with Crippen molar-refractivity contribution in [1.29, 1.82) is 0 Å². The van der Waals surface area contributed by atoms with E-state index in [1.165, 1.54) is 6.08 Å². The fraction of sp³-hybridized carbons (Fsp3) is 0.381. The number of hydrogen-bond donors (Lipinski definition) is 2. The maximum Gasteiger partial charge on any atom is 0.261 e. The number of hydrogen-bond acceptors (Lipinski definition) is 7. The molecule has 1 aromatic heterocycles. The summed E-state index contributed by atoms with van der Waals surface area (Å²) in [6.07, 6.45) is 6.63. The molecule has 0 saturated heterocycles. The van der Waals surface area contributed by atoms with Gasteiger partial charge in [-0.15, -0.1) is 0 Å². The Labute approximate surface area is 176 Å². The number of nitrogen functional groups attached to an aromatic ring is 1. The standard InChI is InChI=1S/C21H26N4O4S/c1-14(12-13-30(2,27)28)23-20(26)17-18(22)24-19(15-8-6-7-9-15)25-21(17)29-16-10-4-3-5-11-16/h3-5,10-15H,6-9H2,1-2H3,(H,23,26)(H2,22,24,25)/b13-12+/t14-/m0/s1. The molecule has 1 atom stereocenters. The Morgan fingerprint density at radius 1 is 1.23 bits per heavy atom. The zero-order chi connectivity index (χ0) is 21.7. The molecular weight excluding hydrogens is 404 g/mol. The van der Waals surface area contributed by atoms with Crippen molar-refractivity contribution in [2.45, 2.75) is 44.6 Å². The van der Waals surface area contributed by atoms with Crippen molar-refractivity contribution in [3.8, 4) is 11.6 Å². The van der Waals surface area contributed by atoms with Crippen LogP contribution < -0.4 is 15.8 Å². The second-order valence-electron chi connectivity index (χ2n) is 7.46. The third-order valence-electron chi connectivity index (χ3n) is 4.80. The molecule has 0 aliphatic heterocycles. The number of amides is 1. The van der Waals surface area contributed by atoms with Crippen LogP contribution in [0.4, 0.5) is 5.82 Å². The molecule has 160 valence electrons. The van der Waals surface area contributed by atoms with Crippen LogP contribution in [0.15, 0.2) is 41.8 Å². The number of anilines is 1. The van der Waals surface area contributed by atoms with Crippen LogP contribution in [0.3, 0.4) is 0 Å². The van der Waals surface area contributed by atoms with E-state index in [9.17, 15) is 13.2 Å². The second kappa shape index (κ2) is 9.25. The van der Waals surface area contributed by atoms with Gasteiger partial charge in [-0.3, -0.25) is 4.79 Å². The van der Waals surface area contributed by atoms with Gasteiger partial charge in [-0.05, 0) is 31.9 Å². The van der Waals surface area contributed by atoms with E-state index in [0.717, 1.165) is 37.3 Å². The number of ether oxygens (including phenoxy) is 1. The molecule has 0 bridgehead atoms. The van der Waals surface area contributed by atoms with E-state index in [1.807, 2.05) is 18.2 Å². The van der Waals surface area contributed by atoms with Gasteiger partial charge < -0.3 is 15.8 Å². The first-order chi connectivity index (χ1) is 14.2. The number of nitrogens with one attached hydrogen (secondary N) is 1. The number of nitrogens with two attached hydrogens (primary N) is 1. The average molecular weight is 431 g/mol. The third kappa shape index (κ3) is 5.79. The summed E-state index contributed by atoms with van der Waals surface area (Å²) >= 11 is 0. The SMILES string of the molecule is C[C@@H](/C=C/S(C)(=O)=O)NC(=O)c1c(N)nc(C2CCCC2)nc1Oc1ccccc1. The Balaban J connectivity index is 1.92. The van der Waals surface area contributed by atoms with Crippen LogP contribution in [-0.4, -0.2) is 36.6 Å². The summed E-state index contributed by atoms with van der Waals surface area (Å²) in [4.78, 5) is 21.8. The molecule has 9 heteroatoms. The van der Waals surface area contributed by atoms with Crippen molar-refractivity contribution in [1.82, 2.24) is 15.3 Å². The number of carbonyl (C=O) groups excluding carboxylic acids is 1. The van der Waals surface area contributed by atoms with Crippen molar-refractivity contribution in [3.05, 3.63) is 53.2 Å². The third-order valence-corrected chi connectivity index (χ3v) is 5.45. The summed E-state index contributed by atoms with van der Waals surface area (Å²) in [5.74, 6) is 0.882. The Morgan fingerprint density at radius 3 is 2.53 bits per heavy atom. The Hall–Kier alpha value is -2.94. The summed E-state index contributed by atoms with van der Waals surface area (Å²) in [7, 11) is -3.30. The highest BCUT2D eigenvalue weighted by atomic mass is 32.2. The molecule has 0 spiro atoms. The van der Waals surface area contributed by atoms with E-state index in [1.54, 1.807) is 19.1 Å². The Morgan fingerprint density at radius 2 is 1.90 bits per heavy atom. The van der Waals surface area contributed by atoms with Crippen molar-refractivity contribution in [3.63, 3.8) is 0 Å². The van der Waals surface area contributed by atoms with E-state index in [2.05, 4.69) is 15.3 Å². The number of sulfone groups is 1. The highest BCUT2D eigenvalue weighted by Gasteiger charge is 2.27. The number of benzene rings is 1. The lowest BCUT2D eigenvalue weighted by Crippen LogP contribution is -2.32. The molecule has 3 rings (SSSR count). The summed E-state index contributed by atoms with van der Waals surface area (Å²) in [5.41, 5.74) is 6.19. The molecule has 1 saturated carbocycles. The molecule has 0 unspecified atom stereocenters. The van der Waals surface area contributed by atoms with E-state index >= 15 is 0 Å². The lowest BCUT2D eigenvalue weighted by Gasteiger charge is -2.17. The maximum absolute atomic E-state index is 12.9. The highest BCUT2D eigenvalue weighted by molar-refractivity contribution is 7.93. The summed E-state index contributed by atoms with van der Waals surface area (Å²) in [6, 6.07) is 8.45. The first-order valence-corrected chi connectivity index (χ1v) is 11.8. The van der Waals surface area contributed by atoms with Gasteiger partial charge in [0.25, 0.3) is 5.91 Å². The fourth-order valence-corrected chi connectivity index (χ4v) is 3.84. The van der Waals surface area contributed by atoms with Gasteiger partial charge in [0.2, 0.25) is 5.88 Å². The van der Waals surface area contributed by atoms with Crippen LogP contribution in [0, 0.1) is 0 Å². The molecule has 1 aliphatic rings. The number of nitrogens with zero attached hydrogens (tertiary/aromatic N) is 2. The minimum Gasteiger partial charge on any atom is -0.438 e. The second-order valence-corrected chi connectivity index (χ2v) is 9.40. The van der Waals surface area contributed by atoms with Crippen LogP contribution >= 0.6 is 0 Å².